The molecule has 3 aromatic rings. The van der Waals surface area contributed by atoms with E-state index in [2.05, 4.69) is 49.4 Å². The Morgan fingerprint density at radius 1 is 0.903 bits per heavy atom. The SMILES string of the molecule is Cc1cccc2c1CC[N+](Cc1ccccc1)(C(=O)CCC(=O)O)C2c1ccccc1. The van der Waals surface area contributed by atoms with Gasteiger partial charge >= 0.3 is 11.9 Å². The summed E-state index contributed by atoms with van der Waals surface area (Å²) >= 11 is 0. The van der Waals surface area contributed by atoms with Crippen LogP contribution < -0.4 is 0 Å². The summed E-state index contributed by atoms with van der Waals surface area (Å²) < 4.78 is 0.220. The van der Waals surface area contributed by atoms with Crippen LogP contribution in [-0.2, 0) is 22.6 Å². The van der Waals surface area contributed by atoms with E-state index in [-0.39, 0.29) is 29.3 Å². The number of rotatable bonds is 6. The lowest BCUT2D eigenvalue weighted by molar-refractivity contribution is -0.895. The lowest BCUT2D eigenvalue weighted by Crippen LogP contribution is -2.58. The van der Waals surface area contributed by atoms with E-state index in [0.29, 0.717) is 13.1 Å². The number of nitrogens with zero attached hydrogens (tertiary/aromatic N) is 1. The first kappa shape index (κ1) is 21.0. The first-order chi connectivity index (χ1) is 15.0. The van der Waals surface area contributed by atoms with Gasteiger partial charge in [-0.2, -0.15) is 0 Å². The molecule has 0 spiro atoms. The highest BCUT2D eigenvalue weighted by Crippen LogP contribution is 2.44. The van der Waals surface area contributed by atoms with Gasteiger partial charge in [0.25, 0.3) is 0 Å². The molecule has 0 aliphatic carbocycles. The molecule has 0 radical (unpaired) electrons. The van der Waals surface area contributed by atoms with Crippen LogP contribution in [0.25, 0.3) is 0 Å². The third-order valence-electron chi connectivity index (χ3n) is 6.47. The lowest BCUT2D eigenvalue weighted by atomic mass is 9.83. The number of carbonyl (C=O) groups excluding carboxylic acids is 1. The molecule has 2 unspecified atom stereocenters. The number of carbonyl (C=O) groups is 2. The van der Waals surface area contributed by atoms with Crippen LogP contribution in [-0.4, -0.2) is 28.0 Å². The summed E-state index contributed by atoms with van der Waals surface area (Å²) in [7, 11) is 0. The molecule has 1 heterocycles. The molecule has 2 atom stereocenters. The summed E-state index contributed by atoms with van der Waals surface area (Å²) in [6, 6.07) is 26.4. The third-order valence-corrected chi connectivity index (χ3v) is 6.47. The smallest absolute Gasteiger partial charge is 0.315 e. The van der Waals surface area contributed by atoms with E-state index in [1.807, 2.05) is 36.4 Å². The second-order valence-corrected chi connectivity index (χ2v) is 8.39. The average molecular weight is 415 g/mol. The van der Waals surface area contributed by atoms with E-state index in [1.54, 1.807) is 0 Å². The Bertz CT molecular complexity index is 1080. The van der Waals surface area contributed by atoms with E-state index in [0.717, 1.165) is 17.5 Å². The van der Waals surface area contributed by atoms with Crippen LogP contribution >= 0.6 is 0 Å². The maximum Gasteiger partial charge on any atom is 0.315 e. The minimum atomic E-state index is -0.935. The van der Waals surface area contributed by atoms with Crippen LogP contribution in [0.15, 0.2) is 78.9 Å². The molecule has 3 aromatic carbocycles. The van der Waals surface area contributed by atoms with Crippen LogP contribution in [0.4, 0.5) is 0 Å². The van der Waals surface area contributed by atoms with Crippen molar-refractivity contribution < 1.29 is 19.2 Å². The number of benzene rings is 3. The monoisotopic (exact) mass is 414 g/mol. The fourth-order valence-electron chi connectivity index (χ4n) is 5.00. The predicted molar refractivity (Wildman–Crippen MR) is 120 cm³/mol. The summed E-state index contributed by atoms with van der Waals surface area (Å²) in [5.74, 6) is -0.942. The third kappa shape index (κ3) is 4.17. The van der Waals surface area contributed by atoms with E-state index in [9.17, 15) is 14.7 Å². The van der Waals surface area contributed by atoms with E-state index in [4.69, 9.17) is 0 Å². The molecule has 4 heteroatoms. The number of carboxylic acids is 1. The molecule has 158 valence electrons. The quantitative estimate of drug-likeness (QED) is 0.575. The highest BCUT2D eigenvalue weighted by atomic mass is 16.4. The number of amides is 1. The van der Waals surface area contributed by atoms with Gasteiger partial charge in [-0.1, -0.05) is 78.9 Å². The van der Waals surface area contributed by atoms with Crippen molar-refractivity contribution in [3.8, 4) is 0 Å². The highest BCUT2D eigenvalue weighted by Gasteiger charge is 2.49. The van der Waals surface area contributed by atoms with Crippen molar-refractivity contribution in [1.82, 2.24) is 0 Å². The summed E-state index contributed by atoms with van der Waals surface area (Å²) in [5.41, 5.74) is 5.91. The first-order valence-electron chi connectivity index (χ1n) is 10.8. The predicted octanol–water partition coefficient (Wildman–Crippen LogP) is 5.05. The van der Waals surface area contributed by atoms with Crippen molar-refractivity contribution in [3.63, 3.8) is 0 Å². The maximum absolute atomic E-state index is 13.8. The largest absolute Gasteiger partial charge is 0.481 e. The van der Waals surface area contributed by atoms with E-state index in [1.165, 1.54) is 16.7 Å². The van der Waals surface area contributed by atoms with E-state index < -0.39 is 5.97 Å². The molecule has 0 aromatic heterocycles. The molecular weight excluding hydrogens is 386 g/mol. The molecule has 0 fully saturated rings. The van der Waals surface area contributed by atoms with Gasteiger partial charge in [0.05, 0.1) is 19.4 Å². The molecule has 1 aliphatic rings. The van der Waals surface area contributed by atoms with Crippen LogP contribution in [0, 0.1) is 6.92 Å². The van der Waals surface area contributed by atoms with Gasteiger partial charge in [-0.15, -0.1) is 0 Å². The van der Waals surface area contributed by atoms with Crippen molar-refractivity contribution >= 4 is 11.9 Å². The van der Waals surface area contributed by atoms with Gasteiger partial charge in [0, 0.05) is 23.1 Å². The molecule has 0 saturated carbocycles. The van der Waals surface area contributed by atoms with Crippen molar-refractivity contribution in [2.45, 2.75) is 38.8 Å². The van der Waals surface area contributed by atoms with Gasteiger partial charge in [-0.3, -0.25) is 4.79 Å². The van der Waals surface area contributed by atoms with E-state index >= 15 is 0 Å². The molecule has 1 aliphatic heterocycles. The van der Waals surface area contributed by atoms with Crippen molar-refractivity contribution in [3.05, 3.63) is 107 Å². The first-order valence-corrected chi connectivity index (χ1v) is 10.8. The van der Waals surface area contributed by atoms with Crippen LogP contribution in [0.1, 0.15) is 46.7 Å². The topological polar surface area (TPSA) is 54.4 Å². The average Bonchev–Trinajstić information content (AvgIpc) is 2.78. The Labute approximate surface area is 183 Å². The number of aliphatic carboxylic acids is 1. The zero-order valence-electron chi connectivity index (χ0n) is 17.8. The summed E-state index contributed by atoms with van der Waals surface area (Å²) in [4.78, 5) is 25.1. The molecule has 4 rings (SSSR count). The van der Waals surface area contributed by atoms with Gasteiger partial charge in [0.1, 0.15) is 12.6 Å². The normalized spacial score (nSPS) is 20.1. The number of aryl methyl sites for hydroxylation is 1. The molecule has 31 heavy (non-hydrogen) atoms. The molecule has 0 bridgehead atoms. The zero-order valence-corrected chi connectivity index (χ0v) is 17.8. The number of hydrogen-bond acceptors (Lipinski definition) is 2. The molecule has 4 nitrogen and oxygen atoms in total. The van der Waals surface area contributed by atoms with Gasteiger partial charge in [-0.25, -0.2) is 9.28 Å². The minimum absolute atomic E-state index is 0.00716. The lowest BCUT2D eigenvalue weighted by Gasteiger charge is -2.47. The van der Waals surface area contributed by atoms with Crippen molar-refractivity contribution in [2.24, 2.45) is 0 Å². The number of carboxylic acid groups (broad SMARTS) is 1. The highest BCUT2D eigenvalue weighted by molar-refractivity contribution is 5.77. The van der Waals surface area contributed by atoms with Crippen LogP contribution in [0.5, 0.6) is 0 Å². The molecule has 1 N–H and O–H groups in total. The van der Waals surface area contributed by atoms with Gasteiger partial charge in [0.2, 0.25) is 0 Å². The van der Waals surface area contributed by atoms with Gasteiger partial charge < -0.3 is 5.11 Å². The summed E-state index contributed by atoms with van der Waals surface area (Å²) in [5, 5.41) is 9.25. The van der Waals surface area contributed by atoms with Crippen molar-refractivity contribution in [1.29, 1.82) is 0 Å². The second-order valence-electron chi connectivity index (χ2n) is 8.39. The molecule has 0 saturated heterocycles. The summed E-state index contributed by atoms with van der Waals surface area (Å²) in [6.45, 7) is 3.33. The Morgan fingerprint density at radius 3 is 2.26 bits per heavy atom. The van der Waals surface area contributed by atoms with Crippen molar-refractivity contribution in [2.75, 3.05) is 6.54 Å². The minimum Gasteiger partial charge on any atom is -0.481 e. The Kier molecular flexibility index (Phi) is 6.01. The second kappa shape index (κ2) is 8.86. The Morgan fingerprint density at radius 2 is 1.58 bits per heavy atom. The van der Waals surface area contributed by atoms with Crippen LogP contribution in [0.2, 0.25) is 0 Å². The number of hydrogen-bond donors (Lipinski definition) is 1. The Balaban J connectivity index is 1.90. The number of quaternary nitrogens is 1. The van der Waals surface area contributed by atoms with Crippen LogP contribution in [0.3, 0.4) is 0 Å². The number of fused-ring (bicyclic) bond motifs is 1. The summed E-state index contributed by atoms with van der Waals surface area (Å²) in [6.07, 6.45) is 0.694. The fraction of sp³-hybridized carbons (Fsp3) is 0.259. The Hall–Kier alpha value is -3.24. The zero-order chi connectivity index (χ0) is 21.8. The molecule has 1 amide bonds. The fourth-order valence-corrected chi connectivity index (χ4v) is 5.00. The maximum atomic E-state index is 13.8. The molecular formula is C27H28NO3+. The standard InChI is InChI=1S/C27H27NO3/c1-20-9-8-14-24-23(20)17-18-28(25(29)15-16-26(30)31,19-21-10-4-2-5-11-21)27(24)22-12-6-3-7-13-22/h2-14,27H,15-19H2,1H3/p+1. The van der Waals surface area contributed by atoms with Gasteiger partial charge in [0.15, 0.2) is 0 Å². The van der Waals surface area contributed by atoms with Gasteiger partial charge in [-0.05, 0) is 18.1 Å².